The second kappa shape index (κ2) is 10.0. The van der Waals surface area contributed by atoms with Crippen molar-refractivity contribution in [3.63, 3.8) is 0 Å². The number of fused-ring (bicyclic) bond motifs is 3. The molecule has 2 aliphatic rings. The van der Waals surface area contributed by atoms with Crippen molar-refractivity contribution in [1.29, 1.82) is 0 Å². The summed E-state index contributed by atoms with van der Waals surface area (Å²) in [4.78, 5) is 6.93. The molecule has 8 heteroatoms. The van der Waals surface area contributed by atoms with Crippen LogP contribution in [-0.4, -0.2) is 62.6 Å². The molecule has 0 spiro atoms. The fourth-order valence-electron chi connectivity index (χ4n) is 4.07. The van der Waals surface area contributed by atoms with Gasteiger partial charge in [0.05, 0.1) is 35.7 Å². The van der Waals surface area contributed by atoms with Gasteiger partial charge in [0.15, 0.2) is 11.5 Å². The molecule has 7 nitrogen and oxygen atoms in total. The van der Waals surface area contributed by atoms with E-state index in [2.05, 4.69) is 9.88 Å². The van der Waals surface area contributed by atoms with E-state index in [9.17, 15) is 0 Å². The lowest BCUT2D eigenvalue weighted by Gasteiger charge is -2.26. The lowest BCUT2D eigenvalue weighted by atomic mass is 10.1. The number of rotatable bonds is 7. The molecule has 0 unspecified atom stereocenters. The molecule has 1 aromatic heterocycles. The monoisotopic (exact) mass is 470 g/mol. The van der Waals surface area contributed by atoms with E-state index in [4.69, 9.17) is 35.3 Å². The summed E-state index contributed by atoms with van der Waals surface area (Å²) in [6.07, 6.45) is 2.62. The summed E-state index contributed by atoms with van der Waals surface area (Å²) in [5.74, 6) is 2.99. The molecular formula is C25H27ClN2O5. The third-order valence-corrected chi connectivity index (χ3v) is 6.03. The lowest BCUT2D eigenvalue weighted by molar-refractivity contribution is 0.0357. The Hall–Kier alpha value is -2.74. The van der Waals surface area contributed by atoms with Crippen LogP contribution in [0.25, 0.3) is 10.9 Å². The standard InChI is InChI=1S/C25H27ClN2O5/c1-17-3-4-20(18(26)15-17)33-21-5-6-27-19-16-22(24-25(23(19)21)32-14-13-31-24)30-10-2-7-28-8-11-29-12-9-28/h3-6,15-16H,2,7-14H2,1H3. The summed E-state index contributed by atoms with van der Waals surface area (Å²) in [6.45, 7) is 7.99. The molecule has 0 radical (unpaired) electrons. The van der Waals surface area contributed by atoms with Crippen molar-refractivity contribution in [2.75, 3.05) is 52.7 Å². The molecule has 0 amide bonds. The highest BCUT2D eigenvalue weighted by Gasteiger charge is 2.25. The van der Waals surface area contributed by atoms with Gasteiger partial charge in [-0.05, 0) is 37.1 Å². The molecule has 1 saturated heterocycles. The molecule has 0 bridgehead atoms. The quantitative estimate of drug-likeness (QED) is 0.457. The van der Waals surface area contributed by atoms with E-state index in [0.717, 1.165) is 50.2 Å². The first-order chi connectivity index (χ1) is 16.2. The van der Waals surface area contributed by atoms with Gasteiger partial charge < -0.3 is 23.7 Å². The number of aryl methyl sites for hydroxylation is 1. The van der Waals surface area contributed by atoms with Gasteiger partial charge >= 0.3 is 0 Å². The van der Waals surface area contributed by atoms with Gasteiger partial charge in [-0.3, -0.25) is 9.88 Å². The summed E-state index contributed by atoms with van der Waals surface area (Å²) < 4.78 is 29.7. The number of hydrogen-bond donors (Lipinski definition) is 0. The Morgan fingerprint density at radius 2 is 1.79 bits per heavy atom. The van der Waals surface area contributed by atoms with E-state index in [1.807, 2.05) is 31.2 Å². The Morgan fingerprint density at radius 3 is 2.61 bits per heavy atom. The average molecular weight is 471 g/mol. The van der Waals surface area contributed by atoms with Gasteiger partial charge in [0.1, 0.15) is 24.7 Å². The Labute approximate surface area is 198 Å². The maximum Gasteiger partial charge on any atom is 0.204 e. The van der Waals surface area contributed by atoms with E-state index < -0.39 is 0 Å². The van der Waals surface area contributed by atoms with Crippen LogP contribution in [-0.2, 0) is 4.74 Å². The van der Waals surface area contributed by atoms with Crippen LogP contribution in [0.4, 0.5) is 0 Å². The van der Waals surface area contributed by atoms with Gasteiger partial charge in [-0.1, -0.05) is 17.7 Å². The highest BCUT2D eigenvalue weighted by atomic mass is 35.5. The van der Waals surface area contributed by atoms with Crippen molar-refractivity contribution < 1.29 is 23.7 Å². The maximum absolute atomic E-state index is 6.40. The summed E-state index contributed by atoms with van der Waals surface area (Å²) in [7, 11) is 0. The minimum absolute atomic E-state index is 0.447. The first-order valence-electron chi connectivity index (χ1n) is 11.3. The van der Waals surface area contributed by atoms with Crippen LogP contribution in [0.5, 0.6) is 28.7 Å². The van der Waals surface area contributed by atoms with E-state index in [0.29, 0.717) is 59.1 Å². The fraction of sp³-hybridized carbons (Fsp3) is 0.400. The van der Waals surface area contributed by atoms with Gasteiger partial charge in [-0.2, -0.15) is 0 Å². The van der Waals surface area contributed by atoms with Crippen LogP contribution in [0.1, 0.15) is 12.0 Å². The van der Waals surface area contributed by atoms with Crippen LogP contribution in [0, 0.1) is 6.92 Å². The van der Waals surface area contributed by atoms with Gasteiger partial charge in [0.2, 0.25) is 5.75 Å². The number of halogens is 1. The molecule has 0 N–H and O–H groups in total. The van der Waals surface area contributed by atoms with Crippen LogP contribution in [0.3, 0.4) is 0 Å². The Balaban J connectivity index is 1.40. The topological polar surface area (TPSA) is 62.3 Å². The summed E-state index contributed by atoms with van der Waals surface area (Å²) >= 11 is 6.40. The molecule has 2 aromatic carbocycles. The largest absolute Gasteiger partial charge is 0.489 e. The van der Waals surface area contributed by atoms with E-state index in [1.54, 1.807) is 12.3 Å². The number of aromatic nitrogens is 1. The predicted molar refractivity (Wildman–Crippen MR) is 126 cm³/mol. The second-order valence-electron chi connectivity index (χ2n) is 8.13. The molecule has 0 aliphatic carbocycles. The van der Waals surface area contributed by atoms with Crippen molar-refractivity contribution in [2.45, 2.75) is 13.3 Å². The molecule has 33 heavy (non-hydrogen) atoms. The van der Waals surface area contributed by atoms with Crippen molar-refractivity contribution in [2.24, 2.45) is 0 Å². The summed E-state index contributed by atoms with van der Waals surface area (Å²) in [6, 6.07) is 9.39. The predicted octanol–water partition coefficient (Wildman–Crippen LogP) is 4.86. The van der Waals surface area contributed by atoms with Crippen LogP contribution >= 0.6 is 11.6 Å². The smallest absolute Gasteiger partial charge is 0.204 e. The highest BCUT2D eigenvalue weighted by molar-refractivity contribution is 6.32. The van der Waals surface area contributed by atoms with Crippen LogP contribution < -0.4 is 18.9 Å². The minimum atomic E-state index is 0.447. The van der Waals surface area contributed by atoms with E-state index >= 15 is 0 Å². The van der Waals surface area contributed by atoms with Gasteiger partial charge in [-0.15, -0.1) is 0 Å². The van der Waals surface area contributed by atoms with Crippen molar-refractivity contribution >= 4 is 22.5 Å². The molecule has 5 rings (SSSR count). The van der Waals surface area contributed by atoms with Crippen LogP contribution in [0.2, 0.25) is 5.02 Å². The molecule has 0 saturated carbocycles. The zero-order valence-corrected chi connectivity index (χ0v) is 19.4. The number of morpholine rings is 1. The number of hydrogen-bond acceptors (Lipinski definition) is 7. The minimum Gasteiger partial charge on any atom is -0.489 e. The zero-order valence-electron chi connectivity index (χ0n) is 18.6. The van der Waals surface area contributed by atoms with Gasteiger partial charge in [-0.25, -0.2) is 0 Å². The molecule has 1 fully saturated rings. The fourth-order valence-corrected chi connectivity index (χ4v) is 4.34. The third-order valence-electron chi connectivity index (χ3n) is 5.73. The van der Waals surface area contributed by atoms with Gasteiger partial charge in [0.25, 0.3) is 0 Å². The number of pyridine rings is 1. The Bertz CT molecular complexity index is 1130. The zero-order chi connectivity index (χ0) is 22.6. The molecule has 174 valence electrons. The summed E-state index contributed by atoms with van der Waals surface area (Å²) in [5, 5.41) is 1.29. The molecule has 2 aliphatic heterocycles. The van der Waals surface area contributed by atoms with Crippen LogP contribution in [0.15, 0.2) is 36.5 Å². The number of ether oxygens (including phenoxy) is 5. The van der Waals surface area contributed by atoms with E-state index in [-0.39, 0.29) is 0 Å². The summed E-state index contributed by atoms with van der Waals surface area (Å²) in [5.41, 5.74) is 1.78. The van der Waals surface area contributed by atoms with Crippen molar-refractivity contribution in [3.05, 3.63) is 47.1 Å². The number of nitrogens with zero attached hydrogens (tertiary/aromatic N) is 2. The normalized spacial score (nSPS) is 16.1. The number of benzene rings is 2. The lowest BCUT2D eigenvalue weighted by Crippen LogP contribution is -2.37. The van der Waals surface area contributed by atoms with Crippen molar-refractivity contribution in [1.82, 2.24) is 9.88 Å². The Kier molecular flexibility index (Phi) is 6.71. The first kappa shape index (κ1) is 22.1. The molecule has 3 aromatic rings. The van der Waals surface area contributed by atoms with Gasteiger partial charge in [0, 0.05) is 31.9 Å². The second-order valence-corrected chi connectivity index (χ2v) is 8.53. The molecule has 3 heterocycles. The maximum atomic E-state index is 6.40. The highest BCUT2D eigenvalue weighted by Crippen LogP contribution is 2.48. The SMILES string of the molecule is Cc1ccc(Oc2ccnc3cc(OCCCN4CCOCC4)c4c(c23)OCCO4)c(Cl)c1. The molecular weight excluding hydrogens is 444 g/mol. The Morgan fingerprint density at radius 1 is 0.970 bits per heavy atom. The average Bonchev–Trinajstić information content (AvgIpc) is 2.84. The first-order valence-corrected chi connectivity index (χ1v) is 11.6. The third kappa shape index (κ3) is 4.95. The van der Waals surface area contributed by atoms with E-state index in [1.165, 1.54) is 0 Å². The molecule has 0 atom stereocenters. The van der Waals surface area contributed by atoms with Crippen molar-refractivity contribution in [3.8, 4) is 28.7 Å².